The van der Waals surface area contributed by atoms with E-state index < -0.39 is 0 Å². The minimum atomic E-state index is -0.367. The van der Waals surface area contributed by atoms with E-state index in [9.17, 15) is 4.79 Å². The zero-order chi connectivity index (χ0) is 14.5. The number of para-hydroxylation sites is 1. The topological polar surface area (TPSA) is 65.7 Å². The number of carbonyl (C=O) groups excluding carboxylic acids is 1. The third-order valence-electron chi connectivity index (χ3n) is 2.82. The van der Waals surface area contributed by atoms with Crippen LogP contribution in [-0.2, 0) is 9.57 Å². The van der Waals surface area contributed by atoms with Gasteiger partial charge >= 0.3 is 0 Å². The van der Waals surface area contributed by atoms with Gasteiger partial charge in [0.2, 0.25) is 0 Å². The van der Waals surface area contributed by atoms with Crippen LogP contribution in [-0.4, -0.2) is 35.7 Å². The number of carbonyl (C=O) groups is 1. The van der Waals surface area contributed by atoms with E-state index in [0.717, 1.165) is 5.69 Å². The van der Waals surface area contributed by atoms with Crippen LogP contribution < -0.4 is 0 Å². The number of benzene rings is 1. The minimum absolute atomic E-state index is 0.108. The lowest BCUT2D eigenvalue weighted by Crippen LogP contribution is -2.17. The zero-order valence-corrected chi connectivity index (χ0v) is 11.5. The molecule has 0 unspecified atom stereocenters. The molecular weight excluding hydrogens is 258 g/mol. The summed E-state index contributed by atoms with van der Waals surface area (Å²) in [5.41, 5.74) is 2.01. The second kappa shape index (κ2) is 6.01. The van der Waals surface area contributed by atoms with Crippen LogP contribution in [0.25, 0.3) is 5.69 Å². The Morgan fingerprint density at radius 2 is 1.95 bits per heavy atom. The van der Waals surface area contributed by atoms with Crippen LogP contribution in [0.4, 0.5) is 0 Å². The van der Waals surface area contributed by atoms with E-state index in [-0.39, 0.29) is 11.7 Å². The lowest BCUT2D eigenvalue weighted by molar-refractivity contribution is 0.102. The third-order valence-corrected chi connectivity index (χ3v) is 2.82. The number of methoxy groups -OCH3 is 1. The Hall–Kier alpha value is -2.63. The molecule has 20 heavy (non-hydrogen) atoms. The molecule has 0 aliphatic heterocycles. The molecule has 0 N–H and O–H groups in total. The highest BCUT2D eigenvalue weighted by molar-refractivity contribution is 6.43. The Morgan fingerprint density at radius 1 is 1.25 bits per heavy atom. The van der Waals surface area contributed by atoms with Crippen LogP contribution in [0.2, 0.25) is 0 Å². The SMILES string of the molecule is CON=C(OC)C(=O)c1cnn(-c2ccccc2)c1C. The molecule has 2 rings (SSSR count). The van der Waals surface area contributed by atoms with Gasteiger partial charge in [-0.1, -0.05) is 18.2 Å². The van der Waals surface area contributed by atoms with Crippen LogP contribution in [0, 0.1) is 6.92 Å². The molecule has 0 atom stereocenters. The number of nitrogens with zero attached hydrogens (tertiary/aromatic N) is 3. The summed E-state index contributed by atoms with van der Waals surface area (Å²) < 4.78 is 6.60. The summed E-state index contributed by atoms with van der Waals surface area (Å²) in [5.74, 6) is -0.475. The van der Waals surface area contributed by atoms with Crippen molar-refractivity contribution >= 4 is 11.7 Å². The van der Waals surface area contributed by atoms with Crippen molar-refractivity contribution in [3.05, 3.63) is 47.8 Å². The maximum absolute atomic E-state index is 12.2. The predicted molar refractivity (Wildman–Crippen MR) is 74.1 cm³/mol. The molecule has 0 amide bonds. The largest absolute Gasteiger partial charge is 0.476 e. The molecule has 104 valence electrons. The van der Waals surface area contributed by atoms with Crippen LogP contribution in [0.15, 0.2) is 41.7 Å². The molecule has 0 aliphatic carbocycles. The van der Waals surface area contributed by atoms with E-state index in [1.54, 1.807) is 4.68 Å². The molecule has 1 aromatic carbocycles. The van der Waals surface area contributed by atoms with Crippen LogP contribution in [0.3, 0.4) is 0 Å². The smallest absolute Gasteiger partial charge is 0.299 e. The zero-order valence-electron chi connectivity index (χ0n) is 11.5. The number of Topliss-reactive ketones (excluding diaryl/α,β-unsaturated/α-hetero) is 1. The first-order valence-electron chi connectivity index (χ1n) is 5.99. The van der Waals surface area contributed by atoms with Gasteiger partial charge in [0.05, 0.1) is 30.3 Å². The fourth-order valence-electron chi connectivity index (χ4n) is 1.83. The second-order valence-electron chi connectivity index (χ2n) is 4.00. The van der Waals surface area contributed by atoms with Gasteiger partial charge in [-0.25, -0.2) is 4.68 Å². The highest BCUT2D eigenvalue weighted by Crippen LogP contribution is 2.15. The van der Waals surface area contributed by atoms with Gasteiger partial charge in [-0.2, -0.15) is 5.10 Å². The fraction of sp³-hybridized carbons (Fsp3) is 0.214. The van der Waals surface area contributed by atoms with Crippen molar-refractivity contribution in [2.75, 3.05) is 14.2 Å². The molecule has 0 saturated carbocycles. The van der Waals surface area contributed by atoms with Crippen LogP contribution in [0.1, 0.15) is 16.1 Å². The number of ether oxygens (including phenoxy) is 1. The van der Waals surface area contributed by atoms with Gasteiger partial charge in [-0.15, -0.1) is 0 Å². The van der Waals surface area contributed by atoms with E-state index >= 15 is 0 Å². The molecule has 1 aromatic heterocycles. The molecular formula is C14H15N3O3. The van der Waals surface area contributed by atoms with Gasteiger partial charge in [0.1, 0.15) is 7.11 Å². The second-order valence-corrected chi connectivity index (χ2v) is 4.00. The summed E-state index contributed by atoms with van der Waals surface area (Å²) >= 11 is 0. The fourth-order valence-corrected chi connectivity index (χ4v) is 1.83. The number of rotatable bonds is 4. The number of ketones is 1. The number of hydrogen-bond acceptors (Lipinski definition) is 5. The average molecular weight is 273 g/mol. The normalized spacial score (nSPS) is 11.2. The van der Waals surface area contributed by atoms with Gasteiger partial charge in [-0.3, -0.25) is 4.79 Å². The maximum Gasteiger partial charge on any atom is 0.299 e. The highest BCUT2D eigenvalue weighted by atomic mass is 16.6. The summed E-state index contributed by atoms with van der Waals surface area (Å²) in [6, 6.07) is 9.56. The molecule has 0 aliphatic rings. The van der Waals surface area contributed by atoms with Crippen molar-refractivity contribution in [1.29, 1.82) is 0 Å². The summed E-state index contributed by atoms with van der Waals surface area (Å²) in [6.45, 7) is 1.81. The van der Waals surface area contributed by atoms with E-state index in [1.807, 2.05) is 37.3 Å². The first-order chi connectivity index (χ1) is 9.69. The van der Waals surface area contributed by atoms with Gasteiger partial charge in [-0.05, 0) is 24.2 Å². The molecule has 6 nitrogen and oxygen atoms in total. The highest BCUT2D eigenvalue weighted by Gasteiger charge is 2.21. The van der Waals surface area contributed by atoms with Crippen molar-refractivity contribution in [3.8, 4) is 5.69 Å². The lowest BCUT2D eigenvalue weighted by Gasteiger charge is -2.05. The Bertz CT molecular complexity index is 632. The van der Waals surface area contributed by atoms with Gasteiger partial charge < -0.3 is 9.57 Å². The number of aromatic nitrogens is 2. The monoisotopic (exact) mass is 273 g/mol. The van der Waals surface area contributed by atoms with Crippen molar-refractivity contribution in [3.63, 3.8) is 0 Å². The Balaban J connectivity index is 2.39. The van der Waals surface area contributed by atoms with E-state index in [1.165, 1.54) is 20.4 Å². The van der Waals surface area contributed by atoms with E-state index in [2.05, 4.69) is 15.1 Å². The average Bonchev–Trinajstić information content (AvgIpc) is 2.86. The van der Waals surface area contributed by atoms with Gasteiger partial charge in [0, 0.05) is 0 Å². The van der Waals surface area contributed by atoms with Crippen molar-refractivity contribution < 1.29 is 14.4 Å². The summed E-state index contributed by atoms with van der Waals surface area (Å²) in [7, 11) is 2.72. The first kappa shape index (κ1) is 13.8. The van der Waals surface area contributed by atoms with Crippen LogP contribution >= 0.6 is 0 Å². The molecule has 0 bridgehead atoms. The Morgan fingerprint density at radius 3 is 2.55 bits per heavy atom. The van der Waals surface area contributed by atoms with Crippen molar-refractivity contribution in [2.45, 2.75) is 6.92 Å². The van der Waals surface area contributed by atoms with E-state index in [0.29, 0.717) is 11.3 Å². The first-order valence-corrected chi connectivity index (χ1v) is 5.99. The molecule has 0 spiro atoms. The molecule has 0 radical (unpaired) electrons. The number of oxime groups is 1. The van der Waals surface area contributed by atoms with Crippen molar-refractivity contribution in [2.24, 2.45) is 5.16 Å². The quantitative estimate of drug-likeness (QED) is 0.370. The minimum Gasteiger partial charge on any atom is -0.476 e. The van der Waals surface area contributed by atoms with Crippen molar-refractivity contribution in [1.82, 2.24) is 9.78 Å². The molecule has 2 aromatic rings. The third kappa shape index (κ3) is 2.54. The molecule has 0 fully saturated rings. The summed E-state index contributed by atoms with van der Waals surface area (Å²) in [5, 5.41) is 7.78. The molecule has 6 heteroatoms. The van der Waals surface area contributed by atoms with Gasteiger partial charge in [0.25, 0.3) is 11.7 Å². The predicted octanol–water partition coefficient (Wildman–Crippen LogP) is 1.97. The Labute approximate surface area is 116 Å². The standard InChI is InChI=1S/C14H15N3O3/c1-10-12(13(18)14(19-2)16-20-3)9-15-17(10)11-7-5-4-6-8-11/h4-9H,1-3H3. The summed E-state index contributed by atoms with van der Waals surface area (Å²) in [6.07, 6.45) is 1.49. The molecule has 0 saturated heterocycles. The number of hydrogen-bond donors (Lipinski definition) is 0. The van der Waals surface area contributed by atoms with Crippen LogP contribution in [0.5, 0.6) is 0 Å². The lowest BCUT2D eigenvalue weighted by atomic mass is 10.1. The summed E-state index contributed by atoms with van der Waals surface area (Å²) in [4.78, 5) is 16.8. The van der Waals surface area contributed by atoms with E-state index in [4.69, 9.17) is 4.74 Å². The maximum atomic E-state index is 12.2. The van der Waals surface area contributed by atoms with Gasteiger partial charge in [0.15, 0.2) is 0 Å². The Kier molecular flexibility index (Phi) is 4.14. The molecule has 1 heterocycles.